The number of nitrogens with zero attached hydrogens (tertiary/aromatic N) is 4. The highest BCUT2D eigenvalue weighted by atomic mass is 32.2. The summed E-state index contributed by atoms with van der Waals surface area (Å²) in [4.78, 5) is 5.08. The van der Waals surface area contributed by atoms with E-state index in [0.717, 1.165) is 0 Å². The highest BCUT2D eigenvalue weighted by Crippen LogP contribution is 2.25. The van der Waals surface area contributed by atoms with Gasteiger partial charge >= 0.3 is 0 Å². The maximum atomic E-state index is 12.2. The normalized spacial score (nSPS) is 18.6. The van der Waals surface area contributed by atoms with Crippen LogP contribution in [0.4, 0.5) is 0 Å². The number of aromatic nitrogens is 3. The molecule has 0 spiro atoms. The number of aryl methyl sites for hydroxylation is 1. The van der Waals surface area contributed by atoms with E-state index >= 15 is 0 Å². The lowest BCUT2D eigenvalue weighted by Gasteiger charge is -2.13. The van der Waals surface area contributed by atoms with E-state index in [1.165, 1.54) is 0 Å². The molecule has 8 heteroatoms. The predicted molar refractivity (Wildman–Crippen MR) is 65.6 cm³/mol. The summed E-state index contributed by atoms with van der Waals surface area (Å²) >= 11 is 0. The van der Waals surface area contributed by atoms with E-state index in [4.69, 9.17) is 4.84 Å². The third-order valence-corrected chi connectivity index (χ3v) is 4.41. The molecule has 1 aromatic heterocycles. The standard InChI is InChI=1S/C10H16N4O3S/c1-7-11-12-8(14(7)4)6-18(15,16)9-5-10(2,3)17-13-9/h5-6H2,1-4H3. The molecule has 0 saturated carbocycles. The Hall–Kier alpha value is -1.44. The Morgan fingerprint density at radius 3 is 2.50 bits per heavy atom. The van der Waals surface area contributed by atoms with Gasteiger partial charge in [-0.3, -0.25) is 0 Å². The molecule has 1 aliphatic rings. The molecule has 0 unspecified atom stereocenters. The topological polar surface area (TPSA) is 86.4 Å². The fourth-order valence-corrected chi connectivity index (χ4v) is 3.08. The minimum atomic E-state index is -3.49. The second-order valence-electron chi connectivity index (χ2n) is 4.99. The van der Waals surface area contributed by atoms with Crippen LogP contribution in [-0.4, -0.2) is 33.8 Å². The molecular formula is C10H16N4O3S. The van der Waals surface area contributed by atoms with Gasteiger partial charge in [-0.1, -0.05) is 5.16 Å². The van der Waals surface area contributed by atoms with Gasteiger partial charge in [0.1, 0.15) is 23.0 Å². The molecule has 0 aliphatic carbocycles. The molecule has 18 heavy (non-hydrogen) atoms. The molecule has 1 aromatic rings. The molecule has 2 heterocycles. The molecule has 0 fully saturated rings. The van der Waals surface area contributed by atoms with Crippen LogP contribution >= 0.6 is 0 Å². The van der Waals surface area contributed by atoms with Gasteiger partial charge < -0.3 is 9.40 Å². The summed E-state index contributed by atoms with van der Waals surface area (Å²) in [6.07, 6.45) is 0.284. The summed E-state index contributed by atoms with van der Waals surface area (Å²) in [6, 6.07) is 0. The monoisotopic (exact) mass is 272 g/mol. The van der Waals surface area contributed by atoms with Gasteiger partial charge in [-0.15, -0.1) is 10.2 Å². The maximum absolute atomic E-state index is 12.2. The molecule has 2 rings (SSSR count). The van der Waals surface area contributed by atoms with Crippen molar-refractivity contribution in [3.63, 3.8) is 0 Å². The molecule has 1 aliphatic heterocycles. The van der Waals surface area contributed by atoms with Crippen LogP contribution in [0.25, 0.3) is 0 Å². The minimum Gasteiger partial charge on any atom is -0.389 e. The van der Waals surface area contributed by atoms with E-state index in [2.05, 4.69) is 15.4 Å². The number of hydrogen-bond donors (Lipinski definition) is 0. The van der Waals surface area contributed by atoms with Crippen LogP contribution < -0.4 is 0 Å². The number of rotatable bonds is 2. The van der Waals surface area contributed by atoms with Crippen LogP contribution in [-0.2, 0) is 27.5 Å². The molecule has 0 saturated heterocycles. The third kappa shape index (κ3) is 2.38. The lowest BCUT2D eigenvalue weighted by atomic mass is 10.1. The van der Waals surface area contributed by atoms with Crippen molar-refractivity contribution in [2.45, 2.75) is 38.5 Å². The van der Waals surface area contributed by atoms with Gasteiger partial charge in [0.15, 0.2) is 5.04 Å². The van der Waals surface area contributed by atoms with Crippen LogP contribution in [0.2, 0.25) is 0 Å². The quantitative estimate of drug-likeness (QED) is 0.784. The molecule has 0 aromatic carbocycles. The summed E-state index contributed by atoms with van der Waals surface area (Å²) in [7, 11) is -1.76. The minimum absolute atomic E-state index is 0.0770. The van der Waals surface area contributed by atoms with Crippen molar-refractivity contribution in [3.8, 4) is 0 Å². The van der Waals surface area contributed by atoms with Gasteiger partial charge in [-0.2, -0.15) is 0 Å². The average Bonchev–Trinajstić information content (AvgIpc) is 2.76. The zero-order valence-corrected chi connectivity index (χ0v) is 11.7. The van der Waals surface area contributed by atoms with Crippen molar-refractivity contribution >= 4 is 14.9 Å². The van der Waals surface area contributed by atoms with Gasteiger partial charge in [-0.05, 0) is 20.8 Å². The number of sulfone groups is 1. The average molecular weight is 272 g/mol. The summed E-state index contributed by atoms with van der Waals surface area (Å²) in [5.74, 6) is 0.868. The zero-order chi connectivity index (χ0) is 13.6. The second kappa shape index (κ2) is 4.04. The molecule has 0 bridgehead atoms. The maximum Gasteiger partial charge on any atom is 0.202 e. The Balaban J connectivity index is 2.22. The lowest BCUT2D eigenvalue weighted by Crippen LogP contribution is -2.24. The highest BCUT2D eigenvalue weighted by molar-refractivity contribution is 8.05. The number of oxime groups is 1. The Bertz CT molecular complexity index is 601. The van der Waals surface area contributed by atoms with Crippen LogP contribution in [0.15, 0.2) is 5.16 Å². The fraction of sp³-hybridized carbons (Fsp3) is 0.700. The van der Waals surface area contributed by atoms with Gasteiger partial charge in [0.25, 0.3) is 0 Å². The third-order valence-electron chi connectivity index (χ3n) is 2.83. The molecule has 0 amide bonds. The zero-order valence-electron chi connectivity index (χ0n) is 10.8. The predicted octanol–water partition coefficient (Wildman–Crippen LogP) is 0.551. The van der Waals surface area contributed by atoms with E-state index < -0.39 is 15.4 Å². The van der Waals surface area contributed by atoms with E-state index in [1.54, 1.807) is 32.4 Å². The lowest BCUT2D eigenvalue weighted by molar-refractivity contribution is 0.0123. The first-order chi connectivity index (χ1) is 8.21. The number of hydrogen-bond acceptors (Lipinski definition) is 6. The first-order valence-corrected chi connectivity index (χ1v) is 7.19. The van der Waals surface area contributed by atoms with Crippen LogP contribution in [0.1, 0.15) is 31.9 Å². The van der Waals surface area contributed by atoms with Crippen LogP contribution in [0, 0.1) is 6.92 Å². The van der Waals surface area contributed by atoms with E-state index in [1.807, 2.05) is 0 Å². The van der Waals surface area contributed by atoms with Gasteiger partial charge in [0, 0.05) is 13.5 Å². The summed E-state index contributed by atoms with van der Waals surface area (Å²) < 4.78 is 26.0. The Kier molecular flexibility index (Phi) is 2.92. The summed E-state index contributed by atoms with van der Waals surface area (Å²) in [5, 5.41) is 11.4. The molecule has 0 atom stereocenters. The summed E-state index contributed by atoms with van der Waals surface area (Å²) in [6.45, 7) is 5.36. The van der Waals surface area contributed by atoms with Crippen molar-refractivity contribution in [2.24, 2.45) is 12.2 Å². The summed E-state index contributed by atoms with van der Waals surface area (Å²) in [5.41, 5.74) is -0.557. The smallest absolute Gasteiger partial charge is 0.202 e. The Morgan fingerprint density at radius 2 is 2.06 bits per heavy atom. The molecular weight excluding hydrogens is 256 g/mol. The van der Waals surface area contributed by atoms with Gasteiger partial charge in [0.05, 0.1) is 0 Å². The van der Waals surface area contributed by atoms with Crippen molar-refractivity contribution in [1.82, 2.24) is 14.8 Å². The molecule has 7 nitrogen and oxygen atoms in total. The second-order valence-corrected chi connectivity index (χ2v) is 6.98. The molecule has 0 N–H and O–H groups in total. The van der Waals surface area contributed by atoms with Crippen molar-refractivity contribution < 1.29 is 13.3 Å². The van der Waals surface area contributed by atoms with E-state index in [0.29, 0.717) is 11.6 Å². The van der Waals surface area contributed by atoms with Crippen molar-refractivity contribution in [2.75, 3.05) is 0 Å². The molecule has 0 radical (unpaired) electrons. The SMILES string of the molecule is Cc1nnc(CS(=O)(=O)C2=NOC(C)(C)C2)n1C. The molecule has 100 valence electrons. The Morgan fingerprint density at radius 1 is 1.39 bits per heavy atom. The first kappa shape index (κ1) is 13.0. The Labute approximate surface area is 106 Å². The van der Waals surface area contributed by atoms with Gasteiger partial charge in [0.2, 0.25) is 9.84 Å². The van der Waals surface area contributed by atoms with E-state index in [-0.39, 0.29) is 17.2 Å². The van der Waals surface area contributed by atoms with E-state index in [9.17, 15) is 8.42 Å². The van der Waals surface area contributed by atoms with Gasteiger partial charge in [-0.25, -0.2) is 8.42 Å². The highest BCUT2D eigenvalue weighted by Gasteiger charge is 2.36. The van der Waals surface area contributed by atoms with Crippen molar-refractivity contribution in [1.29, 1.82) is 0 Å². The van der Waals surface area contributed by atoms with Crippen LogP contribution in [0.5, 0.6) is 0 Å². The van der Waals surface area contributed by atoms with Crippen LogP contribution in [0.3, 0.4) is 0 Å². The van der Waals surface area contributed by atoms with Crippen molar-refractivity contribution in [3.05, 3.63) is 11.6 Å². The largest absolute Gasteiger partial charge is 0.389 e. The fourth-order valence-electron chi connectivity index (χ4n) is 1.60. The first-order valence-electron chi connectivity index (χ1n) is 5.54.